The number of H-pyrrole nitrogens is 1. The molecule has 1 aliphatic carbocycles. The second-order valence-corrected chi connectivity index (χ2v) is 10.3. The molecule has 5 aromatic rings. The van der Waals surface area contributed by atoms with Gasteiger partial charge < -0.3 is 24.5 Å². The van der Waals surface area contributed by atoms with Crippen LogP contribution in [0.5, 0.6) is 5.75 Å². The SMILES string of the molecule is CC.COc1cc2c(cc1-c1c(C)noc1C)[nH]c1nc(C)nc(Nc3cc(C4CC4)nn3C3CN(C=O)C3)c12. The van der Waals surface area contributed by atoms with Gasteiger partial charge in [0.25, 0.3) is 0 Å². The summed E-state index contributed by atoms with van der Waals surface area (Å²) in [4.78, 5) is 25.9. The normalized spacial score (nSPS) is 15.2. The van der Waals surface area contributed by atoms with Gasteiger partial charge in [-0.05, 0) is 45.7 Å². The lowest BCUT2D eigenvalue weighted by Gasteiger charge is -2.37. The predicted octanol–water partition coefficient (Wildman–Crippen LogP) is 5.56. The van der Waals surface area contributed by atoms with Gasteiger partial charge in [-0.3, -0.25) is 4.79 Å². The van der Waals surface area contributed by atoms with Gasteiger partial charge in [0, 0.05) is 41.5 Å². The molecule has 1 aromatic carbocycles. The number of hydrogen-bond donors (Lipinski definition) is 2. The molecule has 2 aliphatic rings. The molecule has 1 saturated carbocycles. The Kier molecular flexibility index (Phi) is 6.44. The van der Waals surface area contributed by atoms with Gasteiger partial charge in [0.2, 0.25) is 6.41 Å². The van der Waals surface area contributed by atoms with Crippen LogP contribution in [0.3, 0.4) is 0 Å². The fraction of sp³-hybridized carbons (Fsp3) is 0.414. The van der Waals surface area contributed by atoms with Crippen molar-refractivity contribution in [3.63, 3.8) is 0 Å². The lowest BCUT2D eigenvalue weighted by molar-refractivity contribution is -0.123. The highest BCUT2D eigenvalue weighted by Crippen LogP contribution is 2.43. The number of carbonyl (C=O) groups excluding carboxylic acids is 1. The van der Waals surface area contributed by atoms with E-state index in [4.69, 9.17) is 24.3 Å². The lowest BCUT2D eigenvalue weighted by atomic mass is 10.0. The Morgan fingerprint density at radius 3 is 2.55 bits per heavy atom. The zero-order valence-corrected chi connectivity index (χ0v) is 23.7. The predicted molar refractivity (Wildman–Crippen MR) is 153 cm³/mol. The Morgan fingerprint density at radius 2 is 1.90 bits per heavy atom. The summed E-state index contributed by atoms with van der Waals surface area (Å²) < 4.78 is 13.3. The third-order valence-corrected chi connectivity index (χ3v) is 7.57. The number of likely N-dealkylation sites (tertiary alicyclic amines) is 1. The number of aromatic amines is 1. The zero-order valence-electron chi connectivity index (χ0n) is 23.7. The van der Waals surface area contributed by atoms with Crippen LogP contribution in [-0.4, -0.2) is 61.4 Å². The van der Waals surface area contributed by atoms with Crippen LogP contribution in [0, 0.1) is 20.8 Å². The number of methoxy groups -OCH3 is 1. The third kappa shape index (κ3) is 4.25. The number of nitrogens with one attached hydrogen (secondary N) is 2. The first kappa shape index (κ1) is 25.8. The highest BCUT2D eigenvalue weighted by molar-refractivity contribution is 6.13. The Balaban J connectivity index is 0.00000142. The topological polar surface area (TPSA) is 127 Å². The highest BCUT2D eigenvalue weighted by atomic mass is 16.5. The number of hydrogen-bond acceptors (Lipinski definition) is 8. The summed E-state index contributed by atoms with van der Waals surface area (Å²) in [6, 6.07) is 6.32. The van der Waals surface area contributed by atoms with E-state index in [9.17, 15) is 4.79 Å². The number of carbonyl (C=O) groups is 1. The van der Waals surface area contributed by atoms with Crippen LogP contribution < -0.4 is 10.1 Å². The smallest absolute Gasteiger partial charge is 0.209 e. The molecule has 2 fully saturated rings. The molecule has 7 rings (SSSR count). The van der Waals surface area contributed by atoms with Crippen molar-refractivity contribution in [2.24, 2.45) is 0 Å². The molecule has 0 unspecified atom stereocenters. The third-order valence-electron chi connectivity index (χ3n) is 7.57. The Hall–Kier alpha value is -4.41. The van der Waals surface area contributed by atoms with E-state index in [1.165, 1.54) is 0 Å². The van der Waals surface area contributed by atoms with Gasteiger partial charge in [0.1, 0.15) is 34.6 Å². The molecule has 1 aliphatic heterocycles. The van der Waals surface area contributed by atoms with E-state index in [0.29, 0.717) is 36.4 Å². The van der Waals surface area contributed by atoms with Crippen molar-refractivity contribution in [3.8, 4) is 16.9 Å². The average molecular weight is 543 g/mol. The molecule has 40 heavy (non-hydrogen) atoms. The summed E-state index contributed by atoms with van der Waals surface area (Å²) in [5, 5.41) is 14.4. The first-order valence-electron chi connectivity index (χ1n) is 13.8. The van der Waals surface area contributed by atoms with E-state index in [-0.39, 0.29) is 6.04 Å². The van der Waals surface area contributed by atoms with Gasteiger partial charge in [-0.2, -0.15) is 5.10 Å². The fourth-order valence-electron chi connectivity index (χ4n) is 5.47. The molecule has 0 atom stereocenters. The quantitative estimate of drug-likeness (QED) is 0.256. The fourth-order valence-corrected chi connectivity index (χ4v) is 5.47. The molecular formula is C29H34N8O3. The van der Waals surface area contributed by atoms with E-state index >= 15 is 0 Å². The molecular weight excluding hydrogens is 508 g/mol. The zero-order chi connectivity index (χ0) is 28.1. The van der Waals surface area contributed by atoms with Gasteiger partial charge in [0.15, 0.2) is 0 Å². The van der Waals surface area contributed by atoms with Crippen LogP contribution in [0.1, 0.15) is 61.6 Å². The molecule has 208 valence electrons. The number of nitrogens with zero attached hydrogens (tertiary/aromatic N) is 6. The Labute approximate surface area is 231 Å². The lowest BCUT2D eigenvalue weighted by Crippen LogP contribution is -2.47. The molecule has 0 bridgehead atoms. The average Bonchev–Trinajstić information content (AvgIpc) is 3.48. The van der Waals surface area contributed by atoms with Crippen LogP contribution in [0.2, 0.25) is 0 Å². The molecule has 2 N–H and O–H groups in total. The van der Waals surface area contributed by atoms with Crippen LogP contribution >= 0.6 is 0 Å². The molecule has 11 nitrogen and oxygen atoms in total. The van der Waals surface area contributed by atoms with E-state index < -0.39 is 0 Å². The van der Waals surface area contributed by atoms with Gasteiger partial charge in [-0.15, -0.1) is 0 Å². The molecule has 0 spiro atoms. The summed E-state index contributed by atoms with van der Waals surface area (Å²) in [6.45, 7) is 11.0. The van der Waals surface area contributed by atoms with Crippen molar-refractivity contribution in [1.29, 1.82) is 0 Å². The second kappa shape index (κ2) is 9.96. The number of rotatable bonds is 7. The van der Waals surface area contributed by atoms with Crippen LogP contribution in [-0.2, 0) is 4.79 Å². The van der Waals surface area contributed by atoms with Crippen molar-refractivity contribution >= 4 is 40.0 Å². The minimum absolute atomic E-state index is 0.134. The van der Waals surface area contributed by atoms with Crippen LogP contribution in [0.4, 0.5) is 11.6 Å². The van der Waals surface area contributed by atoms with Crippen molar-refractivity contribution in [3.05, 3.63) is 41.2 Å². The van der Waals surface area contributed by atoms with Gasteiger partial charge in [-0.25, -0.2) is 14.6 Å². The molecule has 1 saturated heterocycles. The number of amides is 1. The van der Waals surface area contributed by atoms with Crippen LogP contribution in [0.15, 0.2) is 22.7 Å². The largest absolute Gasteiger partial charge is 0.496 e. The minimum Gasteiger partial charge on any atom is -0.496 e. The maximum absolute atomic E-state index is 11.2. The molecule has 1 amide bonds. The monoisotopic (exact) mass is 542 g/mol. The first-order chi connectivity index (χ1) is 19.4. The van der Waals surface area contributed by atoms with E-state index in [2.05, 4.69) is 27.6 Å². The van der Waals surface area contributed by atoms with E-state index in [0.717, 1.165) is 75.3 Å². The number of anilines is 2. The van der Waals surface area contributed by atoms with Crippen LogP contribution in [0.25, 0.3) is 33.1 Å². The molecule has 4 aromatic heterocycles. The molecule has 5 heterocycles. The summed E-state index contributed by atoms with van der Waals surface area (Å²) >= 11 is 0. The summed E-state index contributed by atoms with van der Waals surface area (Å²) in [5.74, 6) is 4.17. The summed E-state index contributed by atoms with van der Waals surface area (Å²) in [7, 11) is 1.66. The Bertz CT molecular complexity index is 1700. The van der Waals surface area contributed by atoms with Crippen molar-refractivity contribution < 1.29 is 14.1 Å². The Morgan fingerprint density at radius 1 is 1.12 bits per heavy atom. The standard InChI is InChI=1S/C27H28N8O3.C2H6/c1-13-24(14(2)38-33-13)19-7-21-18(8-22(19)37-4)25-26(30-21)28-15(3)29-27(25)31-23-9-20(16-5-6-16)32-35(23)17-10-34(11-17)12-36;1-2/h7-9,12,16-17H,5-6,10-11H2,1-4H3,(H2,28,29,30,31);1-2H3. The van der Waals surface area contributed by atoms with Crippen molar-refractivity contribution in [1.82, 2.24) is 34.8 Å². The van der Waals surface area contributed by atoms with E-state index in [1.807, 2.05) is 45.4 Å². The number of ether oxygens (including phenoxy) is 1. The molecule has 11 heteroatoms. The van der Waals surface area contributed by atoms with E-state index in [1.54, 1.807) is 12.0 Å². The number of benzene rings is 1. The summed E-state index contributed by atoms with van der Waals surface area (Å²) in [6.07, 6.45) is 3.21. The highest BCUT2D eigenvalue weighted by Gasteiger charge is 2.33. The molecule has 0 radical (unpaired) electrons. The maximum atomic E-state index is 11.2. The van der Waals surface area contributed by atoms with Crippen molar-refractivity contribution in [2.75, 3.05) is 25.5 Å². The van der Waals surface area contributed by atoms with Gasteiger partial charge in [-0.1, -0.05) is 19.0 Å². The minimum atomic E-state index is 0.134. The maximum Gasteiger partial charge on any atom is 0.209 e. The number of aryl methyl sites for hydroxylation is 3. The number of aromatic nitrogens is 6. The number of fused-ring (bicyclic) bond motifs is 3. The first-order valence-corrected chi connectivity index (χ1v) is 13.8. The second-order valence-electron chi connectivity index (χ2n) is 10.3. The van der Waals surface area contributed by atoms with Gasteiger partial charge >= 0.3 is 0 Å². The van der Waals surface area contributed by atoms with Crippen molar-refractivity contribution in [2.45, 2.75) is 59.4 Å². The summed E-state index contributed by atoms with van der Waals surface area (Å²) in [5.41, 5.74) is 5.36. The van der Waals surface area contributed by atoms with Gasteiger partial charge in [0.05, 0.1) is 35.5 Å².